The second kappa shape index (κ2) is 18.2. The van der Waals surface area contributed by atoms with Crippen molar-refractivity contribution in [2.45, 2.75) is 71.5 Å². The molecule has 0 bridgehead atoms. The zero-order chi connectivity index (χ0) is 30.2. The van der Waals surface area contributed by atoms with Crippen molar-refractivity contribution in [2.75, 3.05) is 46.5 Å². The van der Waals surface area contributed by atoms with Crippen LogP contribution in [0.5, 0.6) is 11.5 Å². The van der Waals surface area contributed by atoms with E-state index in [4.69, 9.17) is 28.5 Å². The first-order chi connectivity index (χ1) is 20.4. The smallest absolute Gasteiger partial charge is 0.342 e. The topological polar surface area (TPSA) is 125 Å². The maximum absolute atomic E-state index is 13.5. The first-order valence-corrected chi connectivity index (χ1v) is 14.7. The van der Waals surface area contributed by atoms with Crippen LogP contribution in [0, 0.1) is 0 Å². The molecule has 0 aliphatic carbocycles. The number of carbonyl (C=O) groups excluding carboxylic acids is 2. The molecule has 0 unspecified atom stereocenters. The molecule has 3 rings (SSSR count). The SMILES string of the molecule is CCOCOc1cc2c(c(OCOCC)c1)C(=O)O[C@H](C)CC=C[C@@H](O)CC=CC(=NOCC(=O)N1CCCCC1)C2. The molecule has 0 spiro atoms. The van der Waals surface area contributed by atoms with Crippen molar-refractivity contribution < 1.29 is 43.2 Å². The van der Waals surface area contributed by atoms with Crippen molar-refractivity contribution in [1.29, 1.82) is 0 Å². The van der Waals surface area contributed by atoms with Crippen LogP contribution in [0.4, 0.5) is 0 Å². The van der Waals surface area contributed by atoms with Gasteiger partial charge in [0.15, 0.2) is 20.2 Å². The zero-order valence-corrected chi connectivity index (χ0v) is 24.9. The molecule has 1 N–H and O–H groups in total. The fourth-order valence-corrected chi connectivity index (χ4v) is 4.46. The van der Waals surface area contributed by atoms with Crippen LogP contribution in [0.3, 0.4) is 0 Å². The summed E-state index contributed by atoms with van der Waals surface area (Å²) in [4.78, 5) is 33.5. The van der Waals surface area contributed by atoms with Gasteiger partial charge in [-0.25, -0.2) is 4.79 Å². The van der Waals surface area contributed by atoms with E-state index in [0.717, 1.165) is 19.3 Å². The molecule has 1 aromatic carbocycles. The van der Waals surface area contributed by atoms with Gasteiger partial charge in [-0.3, -0.25) is 4.79 Å². The molecule has 2 aliphatic heterocycles. The van der Waals surface area contributed by atoms with Crippen molar-refractivity contribution >= 4 is 17.6 Å². The molecule has 2 heterocycles. The minimum absolute atomic E-state index is 0.00840. The molecule has 1 amide bonds. The lowest BCUT2D eigenvalue weighted by Crippen LogP contribution is -2.37. The second-order valence-electron chi connectivity index (χ2n) is 10.0. The Morgan fingerprint density at radius 3 is 2.52 bits per heavy atom. The number of carbonyl (C=O) groups is 2. The van der Waals surface area contributed by atoms with Gasteiger partial charge in [0.25, 0.3) is 5.91 Å². The van der Waals surface area contributed by atoms with Gasteiger partial charge in [0, 0.05) is 45.2 Å². The molecule has 42 heavy (non-hydrogen) atoms. The summed E-state index contributed by atoms with van der Waals surface area (Å²) in [7, 11) is 0. The second-order valence-corrected chi connectivity index (χ2v) is 10.0. The van der Waals surface area contributed by atoms with E-state index in [1.54, 1.807) is 48.3 Å². The molecule has 2 atom stereocenters. The fraction of sp³-hybridized carbons (Fsp3) is 0.581. The maximum Gasteiger partial charge on any atom is 0.342 e. The molecule has 2 aliphatic rings. The number of hydrogen-bond donors (Lipinski definition) is 1. The molecule has 0 saturated carbocycles. The van der Waals surface area contributed by atoms with E-state index in [9.17, 15) is 14.7 Å². The largest absolute Gasteiger partial charge is 0.467 e. The molecule has 232 valence electrons. The Hall–Kier alpha value is -3.41. The molecule has 1 aromatic rings. The van der Waals surface area contributed by atoms with E-state index in [2.05, 4.69) is 5.16 Å². The standard InChI is InChI=1S/C31H44N2O9/c1-4-37-21-39-27-18-24-17-25(32-41-20-29(35)33-15-7-6-8-16-33)12-10-14-26(34)13-9-11-23(3)42-31(36)30(24)28(19-27)40-22-38-5-2/h9-10,12-13,18-19,23,26,34H,4-8,11,14-17,20-22H2,1-3H3/t23-,26-/m1/s1. The highest BCUT2D eigenvalue weighted by atomic mass is 16.7. The van der Waals surface area contributed by atoms with Crippen molar-refractivity contribution in [3.8, 4) is 11.5 Å². The van der Waals surface area contributed by atoms with Crippen LogP contribution in [0.25, 0.3) is 0 Å². The Morgan fingerprint density at radius 2 is 1.79 bits per heavy atom. The minimum atomic E-state index is -0.723. The average molecular weight is 589 g/mol. The maximum atomic E-state index is 13.5. The molecular formula is C31H44N2O9. The van der Waals surface area contributed by atoms with Gasteiger partial charge in [-0.2, -0.15) is 0 Å². The number of rotatable bonds is 11. The van der Waals surface area contributed by atoms with Gasteiger partial charge >= 0.3 is 5.97 Å². The van der Waals surface area contributed by atoms with Gasteiger partial charge < -0.3 is 38.5 Å². The van der Waals surface area contributed by atoms with E-state index in [1.807, 2.05) is 13.8 Å². The summed E-state index contributed by atoms with van der Waals surface area (Å²) in [6.07, 6.45) is 9.71. The highest BCUT2D eigenvalue weighted by Crippen LogP contribution is 2.32. The van der Waals surface area contributed by atoms with Gasteiger partial charge in [-0.05, 0) is 64.2 Å². The molecular weight excluding hydrogens is 544 g/mol. The van der Waals surface area contributed by atoms with Gasteiger partial charge in [0.05, 0.1) is 11.8 Å². The lowest BCUT2D eigenvalue weighted by Gasteiger charge is -2.26. The highest BCUT2D eigenvalue weighted by Gasteiger charge is 2.24. The number of cyclic esters (lactones) is 1. The van der Waals surface area contributed by atoms with Crippen molar-refractivity contribution in [3.63, 3.8) is 0 Å². The van der Waals surface area contributed by atoms with Crippen LogP contribution in [0.15, 0.2) is 41.6 Å². The van der Waals surface area contributed by atoms with Gasteiger partial charge in [0.1, 0.15) is 23.2 Å². The monoisotopic (exact) mass is 588 g/mol. The summed E-state index contributed by atoms with van der Waals surface area (Å²) in [5, 5.41) is 14.6. The summed E-state index contributed by atoms with van der Waals surface area (Å²) in [6.45, 7) is 7.54. The molecule has 1 saturated heterocycles. The van der Waals surface area contributed by atoms with E-state index >= 15 is 0 Å². The van der Waals surface area contributed by atoms with E-state index in [1.165, 1.54) is 0 Å². The number of aliphatic hydroxyl groups excluding tert-OH is 1. The van der Waals surface area contributed by atoms with Crippen molar-refractivity contribution in [2.24, 2.45) is 5.16 Å². The molecule has 11 heteroatoms. The normalized spacial score (nSPS) is 20.9. The highest BCUT2D eigenvalue weighted by molar-refractivity contribution is 6.00. The Morgan fingerprint density at radius 1 is 1.05 bits per heavy atom. The molecule has 1 fully saturated rings. The number of hydrogen-bond acceptors (Lipinski definition) is 10. The summed E-state index contributed by atoms with van der Waals surface area (Å²) in [5.41, 5.74) is 1.14. The first kappa shape index (κ1) is 33.1. The number of nitrogens with zero attached hydrogens (tertiary/aromatic N) is 2. The quantitative estimate of drug-likeness (QED) is 0.133. The van der Waals surface area contributed by atoms with Crippen LogP contribution < -0.4 is 9.47 Å². The Labute approximate surface area is 248 Å². The third kappa shape index (κ3) is 11.1. The number of esters is 1. The Kier molecular flexibility index (Phi) is 14.3. The minimum Gasteiger partial charge on any atom is -0.467 e. The van der Waals surface area contributed by atoms with Gasteiger partial charge in [0.2, 0.25) is 0 Å². The van der Waals surface area contributed by atoms with Crippen molar-refractivity contribution in [1.82, 2.24) is 4.90 Å². The summed E-state index contributed by atoms with van der Waals surface area (Å²) in [6, 6.07) is 3.30. The lowest BCUT2D eigenvalue weighted by molar-refractivity contribution is -0.137. The number of fused-ring (bicyclic) bond motifs is 1. The number of oxime groups is 1. The number of likely N-dealkylation sites (tertiary alicyclic amines) is 1. The fourth-order valence-electron chi connectivity index (χ4n) is 4.46. The lowest BCUT2D eigenvalue weighted by atomic mass is 9.99. The van der Waals surface area contributed by atoms with Crippen molar-refractivity contribution in [3.05, 3.63) is 47.6 Å². The number of benzene rings is 1. The summed E-state index contributed by atoms with van der Waals surface area (Å²) >= 11 is 0. The predicted molar refractivity (Wildman–Crippen MR) is 157 cm³/mol. The van der Waals surface area contributed by atoms with Crippen LogP contribution in [-0.2, 0) is 30.3 Å². The van der Waals surface area contributed by atoms with Gasteiger partial charge in [-0.15, -0.1) is 0 Å². The Bertz CT molecular complexity index is 1100. The Balaban J connectivity index is 1.98. The van der Waals surface area contributed by atoms with E-state index in [0.29, 0.717) is 56.2 Å². The molecule has 0 aromatic heterocycles. The first-order valence-electron chi connectivity index (χ1n) is 14.7. The van der Waals surface area contributed by atoms with Crippen LogP contribution in [0.2, 0.25) is 0 Å². The zero-order valence-electron chi connectivity index (χ0n) is 24.9. The van der Waals surface area contributed by atoms with Crippen LogP contribution in [0.1, 0.15) is 68.8 Å². The predicted octanol–water partition coefficient (Wildman–Crippen LogP) is 4.17. The number of piperidine rings is 1. The average Bonchev–Trinajstić information content (AvgIpc) is 2.97. The third-order valence-electron chi connectivity index (χ3n) is 6.65. The molecule has 11 nitrogen and oxygen atoms in total. The van der Waals surface area contributed by atoms with E-state index in [-0.39, 0.29) is 43.8 Å². The number of amides is 1. The summed E-state index contributed by atoms with van der Waals surface area (Å²) in [5.74, 6) is -0.0673. The number of aliphatic hydroxyl groups is 1. The van der Waals surface area contributed by atoms with E-state index < -0.39 is 18.2 Å². The van der Waals surface area contributed by atoms with Crippen LogP contribution in [-0.4, -0.2) is 86.3 Å². The van der Waals surface area contributed by atoms with Gasteiger partial charge in [-0.1, -0.05) is 23.4 Å². The third-order valence-corrected chi connectivity index (χ3v) is 6.65. The van der Waals surface area contributed by atoms with Crippen LogP contribution >= 0.6 is 0 Å². The number of ether oxygens (including phenoxy) is 5. The molecule has 0 radical (unpaired) electrons. The number of allylic oxidation sites excluding steroid dienone is 1. The summed E-state index contributed by atoms with van der Waals surface area (Å²) < 4.78 is 28.1.